The second kappa shape index (κ2) is 7.51. The maximum Gasteiger partial charge on any atom is 0.0224 e. The summed E-state index contributed by atoms with van der Waals surface area (Å²) in [5.41, 5.74) is 0. The number of halogens is 1. The summed E-state index contributed by atoms with van der Waals surface area (Å²) in [7, 11) is 0. The molecule has 0 N–H and O–H groups in total. The van der Waals surface area contributed by atoms with Crippen molar-refractivity contribution in [2.75, 3.05) is 19.0 Å². The van der Waals surface area contributed by atoms with E-state index in [9.17, 15) is 0 Å². The maximum absolute atomic E-state index is 5.76. The summed E-state index contributed by atoms with van der Waals surface area (Å²) in [4.78, 5) is 2.69. The van der Waals surface area contributed by atoms with Crippen molar-refractivity contribution in [3.8, 4) is 0 Å². The third-order valence-corrected chi connectivity index (χ3v) is 3.66. The summed E-state index contributed by atoms with van der Waals surface area (Å²) in [6, 6.07) is 0.843. The zero-order valence-electron chi connectivity index (χ0n) is 10.3. The van der Waals surface area contributed by atoms with Gasteiger partial charge in [0.15, 0.2) is 0 Å². The van der Waals surface area contributed by atoms with E-state index in [0.29, 0.717) is 0 Å². The molecule has 0 saturated carbocycles. The van der Waals surface area contributed by atoms with Gasteiger partial charge in [0, 0.05) is 11.9 Å². The average Bonchev–Trinajstić information content (AvgIpc) is 2.62. The summed E-state index contributed by atoms with van der Waals surface area (Å²) in [5, 5.41) is 0. The number of nitrogens with zero attached hydrogens (tertiary/aromatic N) is 1. The molecule has 0 aromatic carbocycles. The van der Waals surface area contributed by atoms with Crippen molar-refractivity contribution in [1.82, 2.24) is 4.90 Å². The van der Waals surface area contributed by atoms with Crippen molar-refractivity contribution in [3.63, 3.8) is 0 Å². The number of rotatable bonds is 7. The van der Waals surface area contributed by atoms with Crippen LogP contribution < -0.4 is 0 Å². The Labute approximate surface area is 100 Å². The lowest BCUT2D eigenvalue weighted by atomic mass is 10.1. The molecule has 1 aliphatic rings. The fourth-order valence-corrected chi connectivity index (χ4v) is 2.69. The molecule has 0 bridgehead atoms. The molecular weight excluding hydrogens is 206 g/mol. The zero-order valence-corrected chi connectivity index (χ0v) is 11.1. The van der Waals surface area contributed by atoms with Crippen LogP contribution >= 0.6 is 11.6 Å². The maximum atomic E-state index is 5.76. The van der Waals surface area contributed by atoms with Crippen molar-refractivity contribution >= 4 is 11.6 Å². The fourth-order valence-electron chi connectivity index (χ4n) is 2.53. The van der Waals surface area contributed by atoms with E-state index in [2.05, 4.69) is 18.7 Å². The van der Waals surface area contributed by atoms with E-state index in [-0.39, 0.29) is 0 Å². The van der Waals surface area contributed by atoms with Crippen molar-refractivity contribution in [1.29, 1.82) is 0 Å². The van der Waals surface area contributed by atoms with Crippen LogP contribution in [0.5, 0.6) is 0 Å². The molecule has 1 rings (SSSR count). The molecule has 0 amide bonds. The van der Waals surface area contributed by atoms with Gasteiger partial charge in [0.25, 0.3) is 0 Å². The van der Waals surface area contributed by atoms with Gasteiger partial charge in [0.05, 0.1) is 0 Å². The fraction of sp³-hybridized carbons (Fsp3) is 1.00. The first-order valence-corrected chi connectivity index (χ1v) is 7.07. The van der Waals surface area contributed by atoms with Gasteiger partial charge >= 0.3 is 0 Å². The highest BCUT2D eigenvalue weighted by Crippen LogP contribution is 2.22. The largest absolute Gasteiger partial charge is 0.300 e. The van der Waals surface area contributed by atoms with Crippen molar-refractivity contribution in [3.05, 3.63) is 0 Å². The Hall–Kier alpha value is 0.250. The monoisotopic (exact) mass is 231 g/mol. The van der Waals surface area contributed by atoms with Gasteiger partial charge in [-0.2, -0.15) is 0 Å². The van der Waals surface area contributed by atoms with E-state index in [1.165, 1.54) is 51.6 Å². The molecule has 1 aliphatic heterocycles. The van der Waals surface area contributed by atoms with Crippen molar-refractivity contribution in [2.45, 2.75) is 58.4 Å². The first-order chi connectivity index (χ1) is 7.24. The summed E-state index contributed by atoms with van der Waals surface area (Å²) in [6.07, 6.45) is 8.04. The van der Waals surface area contributed by atoms with Crippen LogP contribution in [0.2, 0.25) is 0 Å². The normalized spacial score (nSPS) is 22.8. The molecule has 1 heterocycles. The average molecular weight is 232 g/mol. The Morgan fingerprint density at radius 3 is 2.80 bits per heavy atom. The predicted molar refractivity (Wildman–Crippen MR) is 68.6 cm³/mol. The summed E-state index contributed by atoms with van der Waals surface area (Å²) in [6.45, 7) is 7.26. The Balaban J connectivity index is 2.15. The molecule has 0 aliphatic carbocycles. The summed E-state index contributed by atoms with van der Waals surface area (Å²) in [5.74, 6) is 1.69. The van der Waals surface area contributed by atoms with Crippen molar-refractivity contribution < 1.29 is 0 Å². The summed E-state index contributed by atoms with van der Waals surface area (Å²) >= 11 is 5.76. The van der Waals surface area contributed by atoms with Crippen LogP contribution in [0.1, 0.15) is 52.4 Å². The Morgan fingerprint density at radius 1 is 1.33 bits per heavy atom. The van der Waals surface area contributed by atoms with Crippen molar-refractivity contribution in [2.24, 2.45) is 5.92 Å². The lowest BCUT2D eigenvalue weighted by Gasteiger charge is -2.24. The molecule has 15 heavy (non-hydrogen) atoms. The van der Waals surface area contributed by atoms with E-state index >= 15 is 0 Å². The first kappa shape index (κ1) is 13.3. The highest BCUT2D eigenvalue weighted by atomic mass is 35.5. The number of likely N-dealkylation sites (tertiary alicyclic amines) is 1. The van der Waals surface area contributed by atoms with Gasteiger partial charge in [-0.15, -0.1) is 11.6 Å². The third-order valence-electron chi connectivity index (χ3n) is 3.40. The molecule has 0 spiro atoms. The van der Waals surface area contributed by atoms with Gasteiger partial charge in [-0.05, 0) is 57.5 Å². The first-order valence-electron chi connectivity index (χ1n) is 6.54. The number of hydrogen-bond acceptors (Lipinski definition) is 1. The number of hydrogen-bond donors (Lipinski definition) is 0. The molecule has 1 atom stereocenters. The van der Waals surface area contributed by atoms with Crippen LogP contribution in [0, 0.1) is 5.92 Å². The minimum Gasteiger partial charge on any atom is -0.300 e. The topological polar surface area (TPSA) is 3.24 Å². The van der Waals surface area contributed by atoms with E-state index in [0.717, 1.165) is 17.8 Å². The second-order valence-corrected chi connectivity index (χ2v) is 5.58. The Kier molecular flexibility index (Phi) is 6.67. The molecule has 0 aromatic rings. The Morgan fingerprint density at radius 2 is 2.13 bits per heavy atom. The van der Waals surface area contributed by atoms with E-state index in [4.69, 9.17) is 11.6 Å². The van der Waals surface area contributed by atoms with Gasteiger partial charge in [-0.25, -0.2) is 0 Å². The molecule has 2 heteroatoms. The van der Waals surface area contributed by atoms with Gasteiger partial charge < -0.3 is 4.90 Å². The summed E-state index contributed by atoms with van der Waals surface area (Å²) < 4.78 is 0. The third kappa shape index (κ3) is 5.21. The highest BCUT2D eigenvalue weighted by Gasteiger charge is 2.22. The van der Waals surface area contributed by atoms with Gasteiger partial charge in [-0.3, -0.25) is 0 Å². The number of alkyl halides is 1. The Bertz CT molecular complexity index is 159. The highest BCUT2D eigenvalue weighted by molar-refractivity contribution is 6.17. The minimum atomic E-state index is 0.830. The van der Waals surface area contributed by atoms with Crippen LogP contribution in [0.15, 0.2) is 0 Å². The molecule has 0 radical (unpaired) electrons. The lowest BCUT2D eigenvalue weighted by molar-refractivity contribution is 0.233. The quantitative estimate of drug-likeness (QED) is 0.601. The standard InChI is InChI=1S/C13H26ClN/c1-12(2)6-4-10-15-11-5-8-13(15)7-3-9-14/h12-13H,3-11H2,1-2H3. The molecule has 1 unspecified atom stereocenters. The minimum absolute atomic E-state index is 0.830. The van der Waals surface area contributed by atoms with E-state index in [1.807, 2.05) is 0 Å². The van der Waals surface area contributed by atoms with Crippen LogP contribution in [0.25, 0.3) is 0 Å². The van der Waals surface area contributed by atoms with Crippen LogP contribution in [0.3, 0.4) is 0 Å². The van der Waals surface area contributed by atoms with Crippen LogP contribution in [-0.2, 0) is 0 Å². The smallest absolute Gasteiger partial charge is 0.0224 e. The van der Waals surface area contributed by atoms with Gasteiger partial charge in [0.2, 0.25) is 0 Å². The molecule has 1 nitrogen and oxygen atoms in total. The predicted octanol–water partition coefficient (Wildman–Crippen LogP) is 3.91. The zero-order chi connectivity index (χ0) is 11.1. The molecule has 1 saturated heterocycles. The molecule has 90 valence electrons. The molecule has 1 fully saturated rings. The van der Waals surface area contributed by atoms with E-state index in [1.54, 1.807) is 0 Å². The lowest BCUT2D eigenvalue weighted by Crippen LogP contribution is -2.30. The second-order valence-electron chi connectivity index (χ2n) is 5.20. The van der Waals surface area contributed by atoms with E-state index < -0.39 is 0 Å². The van der Waals surface area contributed by atoms with Crippen LogP contribution in [-0.4, -0.2) is 29.9 Å². The van der Waals surface area contributed by atoms with Gasteiger partial charge in [0.1, 0.15) is 0 Å². The van der Waals surface area contributed by atoms with Gasteiger partial charge in [-0.1, -0.05) is 13.8 Å². The SMILES string of the molecule is CC(C)CCCN1CCCC1CCCCl. The van der Waals surface area contributed by atoms with Crippen LogP contribution in [0.4, 0.5) is 0 Å². The molecular formula is C13H26ClN. The molecule has 0 aromatic heterocycles.